The van der Waals surface area contributed by atoms with Crippen molar-refractivity contribution >= 4 is 23.2 Å². The van der Waals surface area contributed by atoms with Crippen molar-refractivity contribution < 1.29 is 19.0 Å². The maximum absolute atomic E-state index is 12.0. The number of nitrogens with one attached hydrogen (secondary N) is 3. The molecule has 0 radical (unpaired) electrons. The third kappa shape index (κ3) is 7.04. The number of thiocarbonyl (C=S) groups is 1. The Morgan fingerprint density at radius 1 is 1.04 bits per heavy atom. The molecule has 140 valence electrons. The summed E-state index contributed by atoms with van der Waals surface area (Å²) < 4.78 is 15.9. The zero-order valence-electron chi connectivity index (χ0n) is 15.6. The highest BCUT2D eigenvalue weighted by Crippen LogP contribution is 2.38. The van der Waals surface area contributed by atoms with Crippen molar-refractivity contribution in [1.82, 2.24) is 16.2 Å². The molecule has 0 heterocycles. The number of hydrogen-bond donors (Lipinski definition) is 3. The lowest BCUT2D eigenvalue weighted by molar-refractivity contribution is -0.121. The molecule has 0 bridgehead atoms. The second-order valence-electron chi connectivity index (χ2n) is 6.41. The lowest BCUT2D eigenvalue weighted by Crippen LogP contribution is -2.52. The summed E-state index contributed by atoms with van der Waals surface area (Å²) in [5.41, 5.74) is 5.99. The number of carbonyl (C=O) groups excluding carboxylic acids is 1. The summed E-state index contributed by atoms with van der Waals surface area (Å²) in [4.78, 5) is 12.0. The fourth-order valence-electron chi connectivity index (χ4n) is 2.10. The standard InChI is InChI=1S/C17H27N3O4S/c1-17(2,3)18-16(25)20-19-14(21)8-7-11-9-12(22-4)15(24-6)13(10-11)23-5/h9-10H,7-8H2,1-6H3,(H,19,21)(H2,18,20,25). The number of benzene rings is 1. The Bertz CT molecular complexity index is 589. The van der Waals surface area contributed by atoms with Crippen molar-refractivity contribution in [2.24, 2.45) is 0 Å². The van der Waals surface area contributed by atoms with E-state index in [1.807, 2.05) is 32.9 Å². The molecule has 0 aliphatic carbocycles. The Balaban J connectivity index is 2.60. The average molecular weight is 369 g/mol. The number of amides is 1. The zero-order valence-corrected chi connectivity index (χ0v) is 16.4. The Morgan fingerprint density at radius 2 is 1.60 bits per heavy atom. The first kappa shape index (κ1) is 20.8. The molecule has 0 saturated heterocycles. The molecule has 0 aliphatic heterocycles. The van der Waals surface area contributed by atoms with Gasteiger partial charge in [0.05, 0.1) is 21.3 Å². The molecule has 1 aromatic rings. The third-order valence-corrected chi connectivity index (χ3v) is 3.37. The summed E-state index contributed by atoms with van der Waals surface area (Å²) in [6.07, 6.45) is 0.799. The minimum absolute atomic E-state index is 0.174. The third-order valence-electron chi connectivity index (χ3n) is 3.17. The van der Waals surface area contributed by atoms with Crippen LogP contribution in [-0.4, -0.2) is 37.9 Å². The van der Waals surface area contributed by atoms with Crippen LogP contribution >= 0.6 is 12.2 Å². The van der Waals surface area contributed by atoms with E-state index in [0.717, 1.165) is 5.56 Å². The number of aryl methyl sites for hydroxylation is 1. The Kier molecular flexibility index (Phi) is 7.76. The second-order valence-corrected chi connectivity index (χ2v) is 6.82. The molecule has 0 atom stereocenters. The molecule has 0 aromatic heterocycles. The van der Waals surface area contributed by atoms with Gasteiger partial charge in [0.1, 0.15) is 0 Å². The van der Waals surface area contributed by atoms with Gasteiger partial charge in [-0.25, -0.2) is 0 Å². The van der Waals surface area contributed by atoms with E-state index in [4.69, 9.17) is 26.4 Å². The van der Waals surface area contributed by atoms with E-state index in [0.29, 0.717) is 28.8 Å². The first-order valence-electron chi connectivity index (χ1n) is 7.86. The van der Waals surface area contributed by atoms with Gasteiger partial charge in [0, 0.05) is 12.0 Å². The zero-order chi connectivity index (χ0) is 19.0. The molecule has 7 nitrogen and oxygen atoms in total. The number of hydrazine groups is 1. The van der Waals surface area contributed by atoms with Gasteiger partial charge in [0.2, 0.25) is 11.7 Å². The van der Waals surface area contributed by atoms with Crippen LogP contribution in [0.1, 0.15) is 32.8 Å². The first-order chi connectivity index (χ1) is 11.7. The van der Waals surface area contributed by atoms with Crippen LogP contribution in [0.25, 0.3) is 0 Å². The molecule has 0 fully saturated rings. The van der Waals surface area contributed by atoms with Crippen LogP contribution in [0.2, 0.25) is 0 Å². The largest absolute Gasteiger partial charge is 0.493 e. The lowest BCUT2D eigenvalue weighted by Gasteiger charge is -2.23. The fourth-order valence-corrected chi connectivity index (χ4v) is 2.46. The van der Waals surface area contributed by atoms with Crippen molar-refractivity contribution in [1.29, 1.82) is 0 Å². The normalized spacial score (nSPS) is 10.6. The van der Waals surface area contributed by atoms with E-state index >= 15 is 0 Å². The van der Waals surface area contributed by atoms with Gasteiger partial charge in [0.25, 0.3) is 0 Å². The van der Waals surface area contributed by atoms with Crippen molar-refractivity contribution in [2.75, 3.05) is 21.3 Å². The molecule has 0 aliphatic rings. The Morgan fingerprint density at radius 3 is 2.04 bits per heavy atom. The molecule has 3 N–H and O–H groups in total. The summed E-state index contributed by atoms with van der Waals surface area (Å²) >= 11 is 5.11. The van der Waals surface area contributed by atoms with Gasteiger partial charge in [-0.3, -0.25) is 15.6 Å². The topological polar surface area (TPSA) is 80.9 Å². The Hall–Kier alpha value is -2.22. The quantitative estimate of drug-likeness (QED) is 0.522. The van der Waals surface area contributed by atoms with E-state index in [1.54, 1.807) is 21.3 Å². The lowest BCUT2D eigenvalue weighted by atomic mass is 10.1. The van der Waals surface area contributed by atoms with Gasteiger partial charge in [-0.15, -0.1) is 0 Å². The molecule has 1 amide bonds. The van der Waals surface area contributed by atoms with Crippen LogP contribution < -0.4 is 30.4 Å². The van der Waals surface area contributed by atoms with Crippen LogP contribution in [-0.2, 0) is 11.2 Å². The molecule has 0 spiro atoms. The van der Waals surface area contributed by atoms with Crippen LogP contribution in [0.15, 0.2) is 12.1 Å². The molecule has 1 rings (SSSR count). The highest BCUT2D eigenvalue weighted by Gasteiger charge is 2.14. The maximum atomic E-state index is 12.0. The van der Waals surface area contributed by atoms with E-state index < -0.39 is 0 Å². The predicted molar refractivity (Wildman–Crippen MR) is 101 cm³/mol. The minimum Gasteiger partial charge on any atom is -0.493 e. The van der Waals surface area contributed by atoms with Gasteiger partial charge in [-0.05, 0) is 57.1 Å². The number of hydrogen-bond acceptors (Lipinski definition) is 5. The SMILES string of the molecule is COc1cc(CCC(=O)NNC(=S)NC(C)(C)C)cc(OC)c1OC. The van der Waals surface area contributed by atoms with Crippen molar-refractivity contribution in [3.05, 3.63) is 17.7 Å². The summed E-state index contributed by atoms with van der Waals surface area (Å²) in [5.74, 6) is 1.47. The van der Waals surface area contributed by atoms with E-state index in [2.05, 4.69) is 16.2 Å². The predicted octanol–water partition coefficient (Wildman–Crippen LogP) is 1.94. The maximum Gasteiger partial charge on any atom is 0.238 e. The monoisotopic (exact) mass is 369 g/mol. The molecular formula is C17H27N3O4S. The average Bonchev–Trinajstić information content (AvgIpc) is 2.55. The van der Waals surface area contributed by atoms with Crippen molar-refractivity contribution in [3.63, 3.8) is 0 Å². The van der Waals surface area contributed by atoms with Gasteiger partial charge in [-0.1, -0.05) is 0 Å². The van der Waals surface area contributed by atoms with Crippen LogP contribution in [0.4, 0.5) is 0 Å². The molecule has 8 heteroatoms. The Labute approximate surface area is 154 Å². The van der Waals surface area contributed by atoms with E-state index in [1.165, 1.54) is 0 Å². The first-order valence-corrected chi connectivity index (χ1v) is 8.27. The van der Waals surface area contributed by atoms with Crippen LogP contribution in [0.5, 0.6) is 17.2 Å². The van der Waals surface area contributed by atoms with Crippen molar-refractivity contribution in [3.8, 4) is 17.2 Å². The molecule has 25 heavy (non-hydrogen) atoms. The van der Waals surface area contributed by atoms with Crippen LogP contribution in [0.3, 0.4) is 0 Å². The second kappa shape index (κ2) is 9.31. The van der Waals surface area contributed by atoms with Gasteiger partial charge >= 0.3 is 0 Å². The summed E-state index contributed by atoms with van der Waals surface area (Å²) in [5, 5.41) is 3.42. The molecule has 0 unspecified atom stereocenters. The smallest absolute Gasteiger partial charge is 0.238 e. The van der Waals surface area contributed by atoms with E-state index in [-0.39, 0.29) is 17.9 Å². The van der Waals surface area contributed by atoms with Gasteiger partial charge in [-0.2, -0.15) is 0 Å². The van der Waals surface area contributed by atoms with Crippen LogP contribution in [0, 0.1) is 0 Å². The van der Waals surface area contributed by atoms with Crippen molar-refractivity contribution in [2.45, 2.75) is 39.2 Å². The molecule has 0 saturated carbocycles. The van der Waals surface area contributed by atoms with Gasteiger partial charge in [0.15, 0.2) is 16.6 Å². The number of rotatable bonds is 6. The molecule has 1 aromatic carbocycles. The highest BCUT2D eigenvalue weighted by molar-refractivity contribution is 7.80. The fraction of sp³-hybridized carbons (Fsp3) is 0.529. The highest BCUT2D eigenvalue weighted by atomic mass is 32.1. The minimum atomic E-state index is -0.176. The van der Waals surface area contributed by atoms with Gasteiger partial charge < -0.3 is 19.5 Å². The summed E-state index contributed by atoms with van der Waals surface area (Å²) in [7, 11) is 4.66. The summed E-state index contributed by atoms with van der Waals surface area (Å²) in [6.45, 7) is 5.94. The summed E-state index contributed by atoms with van der Waals surface area (Å²) in [6, 6.07) is 3.65. The molecular weight excluding hydrogens is 342 g/mol. The number of ether oxygens (including phenoxy) is 3. The number of carbonyl (C=O) groups is 1. The van der Waals surface area contributed by atoms with E-state index in [9.17, 15) is 4.79 Å². The number of methoxy groups -OCH3 is 3.